The molecule has 1 N–H and O–H groups in total. The van der Waals surface area contributed by atoms with Gasteiger partial charge in [-0.2, -0.15) is 0 Å². The smallest absolute Gasteiger partial charge is 0.254 e. The van der Waals surface area contributed by atoms with E-state index in [4.69, 9.17) is 0 Å². The van der Waals surface area contributed by atoms with E-state index >= 15 is 0 Å². The quantitative estimate of drug-likeness (QED) is 0.876. The van der Waals surface area contributed by atoms with Gasteiger partial charge in [-0.25, -0.2) is 8.42 Å². The molecule has 6 nitrogen and oxygen atoms in total. The van der Waals surface area contributed by atoms with E-state index in [9.17, 15) is 18.0 Å². The fourth-order valence-corrected chi connectivity index (χ4v) is 3.86. The monoisotopic (exact) mass is 386 g/mol. The van der Waals surface area contributed by atoms with Crippen molar-refractivity contribution in [3.05, 3.63) is 59.7 Å². The van der Waals surface area contributed by atoms with Gasteiger partial charge in [0, 0.05) is 24.1 Å². The van der Waals surface area contributed by atoms with Crippen molar-refractivity contribution < 1.29 is 18.0 Å². The standard InChI is InChI=1S/C20H22N2O4S/c1-14-10-11-16(27(2,25)26)13-17(14)21-19(23)18-9-6-12-22(18)20(24)15-7-4-3-5-8-15/h3-5,7-8,10-11,13,18H,6,9,12H2,1-2H3,(H,21,23). The minimum Gasteiger partial charge on any atom is -0.327 e. The zero-order chi connectivity index (χ0) is 19.6. The number of hydrogen-bond acceptors (Lipinski definition) is 4. The summed E-state index contributed by atoms with van der Waals surface area (Å²) in [5.74, 6) is -0.472. The van der Waals surface area contributed by atoms with Crippen molar-refractivity contribution in [1.29, 1.82) is 0 Å². The molecule has 0 aliphatic carbocycles. The number of sulfone groups is 1. The Morgan fingerprint density at radius 2 is 1.81 bits per heavy atom. The number of amides is 2. The summed E-state index contributed by atoms with van der Waals surface area (Å²) in [6, 6.07) is 12.9. The minimum atomic E-state index is -3.37. The summed E-state index contributed by atoms with van der Waals surface area (Å²) in [7, 11) is -3.37. The van der Waals surface area contributed by atoms with Gasteiger partial charge in [-0.15, -0.1) is 0 Å². The molecule has 1 saturated heterocycles. The van der Waals surface area contributed by atoms with E-state index in [2.05, 4.69) is 5.32 Å². The van der Waals surface area contributed by atoms with Crippen LogP contribution in [0.15, 0.2) is 53.4 Å². The third-order valence-electron chi connectivity index (χ3n) is 4.73. The van der Waals surface area contributed by atoms with Crippen LogP contribution in [-0.4, -0.2) is 44.0 Å². The van der Waals surface area contributed by atoms with Crippen molar-refractivity contribution in [3.63, 3.8) is 0 Å². The van der Waals surface area contributed by atoms with Gasteiger partial charge in [-0.3, -0.25) is 9.59 Å². The molecule has 1 heterocycles. The second kappa shape index (κ2) is 7.52. The third-order valence-corrected chi connectivity index (χ3v) is 5.84. The number of carbonyl (C=O) groups is 2. The Morgan fingerprint density at radius 1 is 1.11 bits per heavy atom. The predicted octanol–water partition coefficient (Wildman–Crippen LogP) is 2.64. The third kappa shape index (κ3) is 4.19. The Balaban J connectivity index is 1.81. The molecule has 2 amide bonds. The number of aryl methyl sites for hydroxylation is 1. The van der Waals surface area contributed by atoms with Crippen LogP contribution in [0.1, 0.15) is 28.8 Å². The number of anilines is 1. The average molecular weight is 386 g/mol. The van der Waals surface area contributed by atoms with Crippen LogP contribution in [0, 0.1) is 6.92 Å². The highest BCUT2D eigenvalue weighted by atomic mass is 32.2. The number of rotatable bonds is 4. The molecule has 7 heteroatoms. The summed E-state index contributed by atoms with van der Waals surface area (Å²) in [5, 5.41) is 2.80. The average Bonchev–Trinajstić information content (AvgIpc) is 3.12. The first-order valence-corrected chi connectivity index (χ1v) is 10.6. The molecule has 1 aliphatic rings. The zero-order valence-electron chi connectivity index (χ0n) is 15.3. The fraction of sp³-hybridized carbons (Fsp3) is 0.300. The molecule has 27 heavy (non-hydrogen) atoms. The maximum Gasteiger partial charge on any atom is 0.254 e. The van der Waals surface area contributed by atoms with E-state index in [0.717, 1.165) is 18.2 Å². The first-order chi connectivity index (χ1) is 12.8. The topological polar surface area (TPSA) is 83.6 Å². The predicted molar refractivity (Wildman–Crippen MR) is 103 cm³/mol. The van der Waals surface area contributed by atoms with Gasteiger partial charge in [0.25, 0.3) is 5.91 Å². The summed E-state index contributed by atoms with van der Waals surface area (Å²) in [4.78, 5) is 27.3. The van der Waals surface area contributed by atoms with Crippen LogP contribution >= 0.6 is 0 Å². The Bertz CT molecular complexity index is 971. The second-order valence-corrected chi connectivity index (χ2v) is 8.78. The van der Waals surface area contributed by atoms with Gasteiger partial charge in [0.15, 0.2) is 9.84 Å². The number of carbonyl (C=O) groups excluding carboxylic acids is 2. The molecule has 142 valence electrons. The molecule has 0 bridgehead atoms. The van der Waals surface area contributed by atoms with Crippen LogP contribution < -0.4 is 5.32 Å². The molecule has 2 aromatic rings. The maximum absolute atomic E-state index is 12.8. The van der Waals surface area contributed by atoms with Crippen molar-refractivity contribution in [1.82, 2.24) is 4.90 Å². The van der Waals surface area contributed by atoms with Crippen molar-refractivity contribution in [2.75, 3.05) is 18.1 Å². The van der Waals surface area contributed by atoms with E-state index in [1.165, 1.54) is 12.1 Å². The lowest BCUT2D eigenvalue weighted by atomic mass is 10.1. The molecule has 1 aliphatic heterocycles. The first kappa shape index (κ1) is 19.1. The van der Waals surface area contributed by atoms with Gasteiger partial charge < -0.3 is 10.2 Å². The lowest BCUT2D eigenvalue weighted by molar-refractivity contribution is -0.119. The number of likely N-dealkylation sites (tertiary alicyclic amines) is 1. The number of benzene rings is 2. The molecule has 1 fully saturated rings. The first-order valence-electron chi connectivity index (χ1n) is 8.75. The summed E-state index contributed by atoms with van der Waals surface area (Å²) in [5.41, 5.74) is 1.75. The van der Waals surface area contributed by atoms with Crippen LogP contribution in [0.4, 0.5) is 5.69 Å². The second-order valence-electron chi connectivity index (χ2n) is 6.76. The van der Waals surface area contributed by atoms with Crippen LogP contribution in [0.25, 0.3) is 0 Å². The normalized spacial score (nSPS) is 17.0. The molecule has 1 unspecified atom stereocenters. The summed E-state index contributed by atoms with van der Waals surface area (Å²) in [6.07, 6.45) is 2.45. The minimum absolute atomic E-state index is 0.145. The maximum atomic E-state index is 12.8. The van der Waals surface area contributed by atoms with Crippen LogP contribution in [0.3, 0.4) is 0 Å². The molecule has 0 aromatic heterocycles. The van der Waals surface area contributed by atoms with Crippen molar-refractivity contribution >= 4 is 27.3 Å². The Labute approximate surface area is 159 Å². The highest BCUT2D eigenvalue weighted by Crippen LogP contribution is 2.24. The van der Waals surface area contributed by atoms with Gasteiger partial charge in [-0.05, 0) is 49.6 Å². The van der Waals surface area contributed by atoms with Crippen molar-refractivity contribution in [2.24, 2.45) is 0 Å². The zero-order valence-corrected chi connectivity index (χ0v) is 16.1. The summed E-state index contributed by atoms with van der Waals surface area (Å²) >= 11 is 0. The fourth-order valence-electron chi connectivity index (χ4n) is 3.21. The lowest BCUT2D eigenvalue weighted by Crippen LogP contribution is -2.43. The molecule has 2 aromatic carbocycles. The lowest BCUT2D eigenvalue weighted by Gasteiger charge is -2.24. The van der Waals surface area contributed by atoms with E-state index in [-0.39, 0.29) is 16.7 Å². The molecule has 3 rings (SSSR count). The summed E-state index contributed by atoms with van der Waals surface area (Å²) < 4.78 is 23.5. The van der Waals surface area contributed by atoms with Gasteiger partial charge in [0.2, 0.25) is 5.91 Å². The Hall–Kier alpha value is -2.67. The molecule has 0 saturated carbocycles. The van der Waals surface area contributed by atoms with Crippen molar-refractivity contribution in [2.45, 2.75) is 30.7 Å². The molecule has 1 atom stereocenters. The number of hydrogen-bond donors (Lipinski definition) is 1. The Kier molecular flexibility index (Phi) is 5.32. The highest BCUT2D eigenvalue weighted by molar-refractivity contribution is 7.90. The number of nitrogens with zero attached hydrogens (tertiary/aromatic N) is 1. The highest BCUT2D eigenvalue weighted by Gasteiger charge is 2.34. The van der Waals surface area contributed by atoms with Gasteiger partial charge in [-0.1, -0.05) is 24.3 Å². The van der Waals surface area contributed by atoms with E-state index < -0.39 is 15.9 Å². The number of nitrogens with one attached hydrogen (secondary N) is 1. The van der Waals surface area contributed by atoms with E-state index in [0.29, 0.717) is 24.2 Å². The van der Waals surface area contributed by atoms with Crippen molar-refractivity contribution in [3.8, 4) is 0 Å². The van der Waals surface area contributed by atoms with Gasteiger partial charge in [0.05, 0.1) is 4.90 Å². The van der Waals surface area contributed by atoms with Gasteiger partial charge in [0.1, 0.15) is 6.04 Å². The van der Waals surface area contributed by atoms with Crippen LogP contribution in [0.5, 0.6) is 0 Å². The summed E-state index contributed by atoms with van der Waals surface area (Å²) in [6.45, 7) is 2.32. The van der Waals surface area contributed by atoms with E-state index in [1.54, 1.807) is 42.2 Å². The molecule has 0 spiro atoms. The molecular formula is C20H22N2O4S. The Morgan fingerprint density at radius 3 is 2.48 bits per heavy atom. The van der Waals surface area contributed by atoms with Crippen LogP contribution in [0.2, 0.25) is 0 Å². The largest absolute Gasteiger partial charge is 0.327 e. The SMILES string of the molecule is Cc1ccc(S(C)(=O)=O)cc1NC(=O)C1CCCN1C(=O)c1ccccc1. The molecular weight excluding hydrogens is 364 g/mol. The van der Waals surface area contributed by atoms with E-state index in [1.807, 2.05) is 6.07 Å². The molecule has 0 radical (unpaired) electrons. The van der Waals surface area contributed by atoms with Gasteiger partial charge >= 0.3 is 0 Å². The van der Waals surface area contributed by atoms with Crippen LogP contribution in [-0.2, 0) is 14.6 Å².